The predicted octanol–water partition coefficient (Wildman–Crippen LogP) is -0.581. The van der Waals surface area contributed by atoms with Gasteiger partial charge in [-0.2, -0.15) is 0 Å². The molecule has 1 amide bonds. The fourth-order valence-corrected chi connectivity index (χ4v) is 1.27. The Kier molecular flexibility index (Phi) is 4.74. The molecule has 1 fully saturated rings. The second-order valence-corrected chi connectivity index (χ2v) is 3.19. The van der Waals surface area contributed by atoms with Crippen LogP contribution in [0.5, 0.6) is 0 Å². The SMILES string of the molecule is NC(=O)CONCC1CCCOC1. The maximum Gasteiger partial charge on any atom is 0.245 e. The van der Waals surface area contributed by atoms with Gasteiger partial charge in [-0.15, -0.1) is 0 Å². The summed E-state index contributed by atoms with van der Waals surface area (Å²) >= 11 is 0. The fraction of sp³-hybridized carbons (Fsp3) is 0.875. The second-order valence-electron chi connectivity index (χ2n) is 3.19. The van der Waals surface area contributed by atoms with E-state index in [1.165, 1.54) is 0 Å². The Morgan fingerprint density at radius 3 is 3.15 bits per heavy atom. The molecule has 1 rings (SSSR count). The van der Waals surface area contributed by atoms with Crippen molar-refractivity contribution >= 4 is 5.91 Å². The smallest absolute Gasteiger partial charge is 0.245 e. The number of amides is 1. The van der Waals surface area contributed by atoms with E-state index in [9.17, 15) is 4.79 Å². The van der Waals surface area contributed by atoms with Gasteiger partial charge in [0.2, 0.25) is 5.91 Å². The molecule has 1 heterocycles. The van der Waals surface area contributed by atoms with E-state index in [0.29, 0.717) is 12.5 Å². The third-order valence-corrected chi connectivity index (χ3v) is 1.94. The van der Waals surface area contributed by atoms with E-state index in [2.05, 4.69) is 5.48 Å². The Bertz CT molecular complexity index is 157. The molecule has 0 bridgehead atoms. The van der Waals surface area contributed by atoms with Crippen molar-refractivity contribution in [3.63, 3.8) is 0 Å². The van der Waals surface area contributed by atoms with Crippen LogP contribution in [0.3, 0.4) is 0 Å². The molecule has 0 aromatic carbocycles. The highest BCUT2D eigenvalue weighted by atomic mass is 16.6. The fourth-order valence-electron chi connectivity index (χ4n) is 1.27. The molecule has 13 heavy (non-hydrogen) atoms. The predicted molar refractivity (Wildman–Crippen MR) is 46.7 cm³/mol. The Balaban J connectivity index is 1.95. The van der Waals surface area contributed by atoms with Gasteiger partial charge in [0.15, 0.2) is 0 Å². The van der Waals surface area contributed by atoms with Crippen molar-refractivity contribution in [2.75, 3.05) is 26.4 Å². The van der Waals surface area contributed by atoms with Gasteiger partial charge in [-0.25, -0.2) is 5.48 Å². The van der Waals surface area contributed by atoms with Crippen molar-refractivity contribution in [2.24, 2.45) is 11.7 Å². The Morgan fingerprint density at radius 2 is 2.54 bits per heavy atom. The standard InChI is InChI=1S/C8H16N2O3/c9-8(11)6-13-10-4-7-2-1-3-12-5-7/h7,10H,1-6H2,(H2,9,11). The molecular formula is C8H16N2O3. The first-order valence-corrected chi connectivity index (χ1v) is 4.49. The summed E-state index contributed by atoms with van der Waals surface area (Å²) in [5, 5.41) is 0. The largest absolute Gasteiger partial charge is 0.381 e. The van der Waals surface area contributed by atoms with Gasteiger partial charge in [0.25, 0.3) is 0 Å². The second kappa shape index (κ2) is 5.90. The first-order valence-electron chi connectivity index (χ1n) is 4.49. The molecule has 0 radical (unpaired) electrons. The molecule has 76 valence electrons. The quantitative estimate of drug-likeness (QED) is 0.447. The molecule has 0 spiro atoms. The number of hydrogen-bond donors (Lipinski definition) is 2. The van der Waals surface area contributed by atoms with Gasteiger partial charge in [-0.3, -0.25) is 9.63 Å². The van der Waals surface area contributed by atoms with Crippen molar-refractivity contribution < 1.29 is 14.4 Å². The number of nitrogens with two attached hydrogens (primary N) is 1. The van der Waals surface area contributed by atoms with Gasteiger partial charge in [-0.05, 0) is 18.8 Å². The normalized spacial score (nSPS) is 22.9. The van der Waals surface area contributed by atoms with Crippen molar-refractivity contribution in [2.45, 2.75) is 12.8 Å². The van der Waals surface area contributed by atoms with Gasteiger partial charge in [0.1, 0.15) is 6.61 Å². The minimum atomic E-state index is -0.465. The van der Waals surface area contributed by atoms with E-state index in [1.807, 2.05) is 0 Å². The molecule has 1 aliphatic heterocycles. The first-order chi connectivity index (χ1) is 6.29. The van der Waals surface area contributed by atoms with Gasteiger partial charge < -0.3 is 10.5 Å². The van der Waals surface area contributed by atoms with Crippen LogP contribution in [0.15, 0.2) is 0 Å². The summed E-state index contributed by atoms with van der Waals surface area (Å²) in [5.74, 6) is 0.0222. The lowest BCUT2D eigenvalue weighted by atomic mass is 10.0. The Morgan fingerprint density at radius 1 is 1.69 bits per heavy atom. The van der Waals surface area contributed by atoms with Crippen molar-refractivity contribution in [3.8, 4) is 0 Å². The number of primary amides is 1. The molecule has 5 nitrogen and oxygen atoms in total. The summed E-state index contributed by atoms with van der Waals surface area (Å²) in [4.78, 5) is 15.1. The van der Waals surface area contributed by atoms with Crippen LogP contribution in [-0.4, -0.2) is 32.3 Å². The lowest BCUT2D eigenvalue weighted by Gasteiger charge is -2.21. The van der Waals surface area contributed by atoms with Crippen LogP contribution in [0.4, 0.5) is 0 Å². The van der Waals surface area contributed by atoms with Crippen LogP contribution in [0, 0.1) is 5.92 Å². The monoisotopic (exact) mass is 188 g/mol. The lowest BCUT2D eigenvalue weighted by Crippen LogP contribution is -2.31. The molecule has 1 saturated heterocycles. The number of nitrogens with one attached hydrogen (secondary N) is 1. The average Bonchev–Trinajstić information content (AvgIpc) is 2.14. The molecule has 1 atom stereocenters. The number of rotatable bonds is 5. The molecule has 1 aliphatic rings. The molecule has 0 saturated carbocycles. The number of hydrogen-bond acceptors (Lipinski definition) is 4. The molecule has 3 N–H and O–H groups in total. The van der Waals surface area contributed by atoms with Gasteiger partial charge >= 0.3 is 0 Å². The number of carbonyl (C=O) groups is 1. The molecular weight excluding hydrogens is 172 g/mol. The molecule has 0 aromatic rings. The highest BCUT2D eigenvalue weighted by Gasteiger charge is 2.13. The zero-order valence-corrected chi connectivity index (χ0v) is 7.62. The van der Waals surface area contributed by atoms with Crippen LogP contribution in [0.2, 0.25) is 0 Å². The van der Waals surface area contributed by atoms with E-state index in [0.717, 1.165) is 26.1 Å². The average molecular weight is 188 g/mol. The van der Waals surface area contributed by atoms with Crippen LogP contribution >= 0.6 is 0 Å². The maximum atomic E-state index is 10.3. The zero-order chi connectivity index (χ0) is 9.52. The summed E-state index contributed by atoms with van der Waals surface area (Å²) in [6.07, 6.45) is 2.25. The van der Waals surface area contributed by atoms with Crippen molar-refractivity contribution in [1.29, 1.82) is 0 Å². The van der Waals surface area contributed by atoms with Gasteiger partial charge in [0, 0.05) is 13.2 Å². The minimum absolute atomic E-state index is 0.0758. The third kappa shape index (κ3) is 4.82. The topological polar surface area (TPSA) is 73.6 Å². The summed E-state index contributed by atoms with van der Waals surface area (Å²) in [7, 11) is 0. The molecule has 1 unspecified atom stereocenters. The van der Waals surface area contributed by atoms with Crippen LogP contribution < -0.4 is 11.2 Å². The van der Waals surface area contributed by atoms with E-state index < -0.39 is 5.91 Å². The summed E-state index contributed by atoms with van der Waals surface area (Å²) in [6, 6.07) is 0. The van der Waals surface area contributed by atoms with Gasteiger partial charge in [-0.1, -0.05) is 0 Å². The minimum Gasteiger partial charge on any atom is -0.381 e. The van der Waals surface area contributed by atoms with E-state index in [-0.39, 0.29) is 6.61 Å². The number of hydroxylamine groups is 1. The zero-order valence-electron chi connectivity index (χ0n) is 7.62. The van der Waals surface area contributed by atoms with Crippen molar-refractivity contribution in [3.05, 3.63) is 0 Å². The van der Waals surface area contributed by atoms with Gasteiger partial charge in [0.05, 0.1) is 6.61 Å². The number of carbonyl (C=O) groups excluding carboxylic acids is 1. The van der Waals surface area contributed by atoms with Crippen molar-refractivity contribution in [1.82, 2.24) is 5.48 Å². The Labute approximate surface area is 77.5 Å². The van der Waals surface area contributed by atoms with E-state index in [1.54, 1.807) is 0 Å². The molecule has 5 heteroatoms. The third-order valence-electron chi connectivity index (χ3n) is 1.94. The molecule has 0 aromatic heterocycles. The van der Waals surface area contributed by atoms with Crippen LogP contribution in [0.25, 0.3) is 0 Å². The first kappa shape index (κ1) is 10.4. The Hall–Kier alpha value is -0.650. The van der Waals surface area contributed by atoms with Crippen LogP contribution in [0.1, 0.15) is 12.8 Å². The highest BCUT2D eigenvalue weighted by Crippen LogP contribution is 2.11. The van der Waals surface area contributed by atoms with E-state index in [4.69, 9.17) is 15.3 Å². The maximum absolute atomic E-state index is 10.3. The summed E-state index contributed by atoms with van der Waals surface area (Å²) in [6.45, 7) is 2.27. The number of ether oxygens (including phenoxy) is 1. The lowest BCUT2D eigenvalue weighted by molar-refractivity contribution is -0.125. The van der Waals surface area contributed by atoms with E-state index >= 15 is 0 Å². The highest BCUT2D eigenvalue weighted by molar-refractivity contribution is 5.74. The summed E-state index contributed by atoms with van der Waals surface area (Å²) in [5.41, 5.74) is 7.59. The molecule has 0 aliphatic carbocycles. The summed E-state index contributed by atoms with van der Waals surface area (Å²) < 4.78 is 5.27. The van der Waals surface area contributed by atoms with Crippen LogP contribution in [-0.2, 0) is 14.4 Å².